The maximum atomic E-state index is 14.6. The summed E-state index contributed by atoms with van der Waals surface area (Å²) in [7, 11) is 5.17. The summed E-state index contributed by atoms with van der Waals surface area (Å²) in [5, 5.41) is 69.4. The van der Waals surface area contributed by atoms with Crippen molar-refractivity contribution in [3.63, 3.8) is 0 Å². The Hall–Kier alpha value is -3.92. The van der Waals surface area contributed by atoms with E-state index in [9.17, 15) is 49.5 Å². The molecule has 3 amide bonds. The molecule has 1 aliphatic carbocycles. The highest BCUT2D eigenvalue weighted by Gasteiger charge is 2.71. The van der Waals surface area contributed by atoms with Crippen LogP contribution in [0.3, 0.4) is 0 Å². The summed E-state index contributed by atoms with van der Waals surface area (Å²) in [4.78, 5) is 71.7. The van der Waals surface area contributed by atoms with Gasteiger partial charge in [0.25, 0.3) is 5.91 Å². The molecule has 6 aliphatic rings. The average Bonchev–Trinajstić information content (AvgIpc) is 3.84. The number of azide groups is 1. The molecule has 6 rings (SSSR count). The summed E-state index contributed by atoms with van der Waals surface area (Å²) in [5.41, 5.74) is 3.72. The summed E-state index contributed by atoms with van der Waals surface area (Å²) >= 11 is 0. The van der Waals surface area contributed by atoms with Crippen molar-refractivity contribution in [3.05, 3.63) is 22.1 Å². The Balaban J connectivity index is 1.19. The zero-order valence-electron chi connectivity index (χ0n) is 48.2. The third kappa shape index (κ3) is 14.3. The minimum absolute atomic E-state index is 0.0612. The van der Waals surface area contributed by atoms with Crippen molar-refractivity contribution in [2.24, 2.45) is 28.3 Å². The first-order valence-corrected chi connectivity index (χ1v) is 27.9. The van der Waals surface area contributed by atoms with Crippen LogP contribution in [0.5, 0.6) is 0 Å². The predicted molar refractivity (Wildman–Crippen MR) is 281 cm³/mol. The van der Waals surface area contributed by atoms with Gasteiger partial charge in [0.2, 0.25) is 11.8 Å². The van der Waals surface area contributed by atoms with Gasteiger partial charge in [-0.1, -0.05) is 32.0 Å². The molecule has 25 heteroatoms. The molecule has 79 heavy (non-hydrogen) atoms. The quantitative estimate of drug-likeness (QED) is 0.0255. The molecule has 3 unspecified atom stereocenters. The molecular weight excluding hydrogens is 1030 g/mol. The average molecular weight is 1120 g/mol. The Kier molecular flexibility index (Phi) is 21.2. The Morgan fingerprint density at radius 1 is 1.00 bits per heavy atom. The lowest BCUT2D eigenvalue weighted by Gasteiger charge is -2.48. The monoisotopic (exact) mass is 1120 g/mol. The van der Waals surface area contributed by atoms with Crippen molar-refractivity contribution < 1.29 is 87.4 Å². The van der Waals surface area contributed by atoms with Crippen LogP contribution in [0.25, 0.3) is 10.4 Å². The fourth-order valence-electron chi connectivity index (χ4n) is 12.4. The van der Waals surface area contributed by atoms with Gasteiger partial charge in [0.15, 0.2) is 12.6 Å². The van der Waals surface area contributed by atoms with Gasteiger partial charge in [0.05, 0.1) is 66.0 Å². The molecule has 5 aliphatic heterocycles. The van der Waals surface area contributed by atoms with Crippen LogP contribution in [0.4, 0.5) is 0 Å². The third-order valence-electron chi connectivity index (χ3n) is 17.8. The molecule has 0 radical (unpaired) electrons. The molecular formula is C54H89N7O18. The van der Waals surface area contributed by atoms with Crippen molar-refractivity contribution >= 4 is 29.7 Å². The second-order valence-electron chi connectivity index (χ2n) is 24.0. The highest BCUT2D eigenvalue weighted by Crippen LogP contribution is 2.61. The van der Waals surface area contributed by atoms with Crippen molar-refractivity contribution in [1.82, 2.24) is 20.4 Å². The second-order valence-corrected chi connectivity index (χ2v) is 24.0. The molecule has 0 aromatic heterocycles. The first-order chi connectivity index (χ1) is 36.9. The summed E-state index contributed by atoms with van der Waals surface area (Å²) in [6, 6.07) is -1.96. The molecule has 25 nitrogen and oxygen atoms in total. The second kappa shape index (κ2) is 26.1. The van der Waals surface area contributed by atoms with E-state index in [4.69, 9.17) is 43.4 Å². The number of cyclic esters (lactones) is 1. The normalized spacial score (nSPS) is 43.4. The van der Waals surface area contributed by atoms with Crippen molar-refractivity contribution in [1.29, 1.82) is 0 Å². The van der Waals surface area contributed by atoms with Gasteiger partial charge in [-0.25, -0.2) is 0 Å². The number of hydrogen-bond donors (Lipinski definition) is 7. The molecule has 0 spiro atoms. The number of carbonyl (C=O) groups is 5. The van der Waals surface area contributed by atoms with Crippen LogP contribution in [-0.4, -0.2) is 221 Å². The fraction of sp³-hybridized carbons (Fsp3) is 0.870. The van der Waals surface area contributed by atoms with Gasteiger partial charge in [0, 0.05) is 73.5 Å². The van der Waals surface area contributed by atoms with Crippen molar-refractivity contribution in [2.45, 2.75) is 229 Å². The van der Waals surface area contributed by atoms with Gasteiger partial charge >= 0.3 is 11.9 Å². The molecule has 4 saturated heterocycles. The molecule has 5 heterocycles. The van der Waals surface area contributed by atoms with E-state index in [1.165, 1.54) is 20.1 Å². The number of likely N-dealkylation sites (N-methyl/N-ethyl adjacent to an activating group) is 1. The fourth-order valence-corrected chi connectivity index (χ4v) is 12.4. The summed E-state index contributed by atoms with van der Waals surface area (Å²) < 4.78 is 49.5. The standard InChI is InChI=1S/C54H89N7O18/c1-14-38-53(10,70)44(65)31(6)61(19-15-18-56-39(62)16-17-40(63)73-24-37-34(58-59-55)22-36(76-37)33-20-27(2)47(67)57-48(33)68)26-51(8)25-54(51,71)46(79-50-42(64)35(60(11)12)21-28(3)74-50)29(4)43(30(5)49(69)77-38)78-41-23-52(9,72-13)45(66)32(7)75-41/h20,28-38,41-46,50,64-66,70-71H,14-19,21-26H2,1-13H3,(H,56,62)(H,57,67,68)/t28-,29+,30-,31-,32+,33?,34-,35+,36-,37-,38-,41?,42-,43+,44-,45+,46?,50+,51+,52-,53-,54-/m1/s1. The molecule has 22 atom stereocenters. The maximum Gasteiger partial charge on any atom is 0.311 e. The SMILES string of the molecule is CC[C@H]1OC(=O)[C@H](C)[C@@H](OC2C[C@@](C)(OC)[C@@H](O)[C@H](C)O2)[C@H](C)C(O[C@@H]2O[C@H](C)C[C@H](N(C)C)[C@H]2O)[C@]2(O)C[C@@]2(C)CN(CCCNC(=O)CCC(=O)OC[C@H]2O[C@@H](C3C=C(C)C(=O)NC3=O)C[C@H]2N=[N+]=[N-])[C@H](C)[C@@H](O)[C@]1(C)O. The van der Waals surface area contributed by atoms with Crippen LogP contribution in [0.15, 0.2) is 16.8 Å². The lowest BCUT2D eigenvalue weighted by Crippen LogP contribution is -2.62. The number of amides is 3. The number of aliphatic hydroxyl groups is 5. The minimum Gasteiger partial charge on any atom is -0.463 e. The van der Waals surface area contributed by atoms with E-state index < -0.39 is 149 Å². The minimum atomic E-state index is -2.00. The Bertz CT molecular complexity index is 2250. The zero-order valence-corrected chi connectivity index (χ0v) is 48.2. The lowest BCUT2D eigenvalue weighted by atomic mass is 9.81. The number of aliphatic hydroxyl groups excluding tert-OH is 3. The van der Waals surface area contributed by atoms with Crippen molar-refractivity contribution in [3.8, 4) is 0 Å². The van der Waals surface area contributed by atoms with Crippen molar-refractivity contribution in [2.75, 3.05) is 47.4 Å². The maximum absolute atomic E-state index is 14.6. The number of rotatable bonds is 18. The first kappa shape index (κ1) is 64.3. The number of methoxy groups -OCH3 is 1. The number of carbonyl (C=O) groups excluding carboxylic acids is 5. The molecule has 5 fully saturated rings. The Morgan fingerprint density at radius 2 is 1.70 bits per heavy atom. The van der Waals surface area contributed by atoms with Gasteiger partial charge in [-0.15, -0.1) is 0 Å². The molecule has 0 aromatic rings. The van der Waals surface area contributed by atoms with E-state index in [1.54, 1.807) is 48.5 Å². The molecule has 448 valence electrons. The van der Waals surface area contributed by atoms with E-state index in [0.717, 1.165) is 0 Å². The van der Waals surface area contributed by atoms with Gasteiger partial charge in [-0.3, -0.25) is 34.2 Å². The Labute approximate surface area is 463 Å². The number of ether oxygens (including phenoxy) is 8. The number of fused-ring (bicyclic) bond motifs is 1. The zero-order chi connectivity index (χ0) is 58.7. The predicted octanol–water partition coefficient (Wildman–Crippen LogP) is 1.52. The number of nitrogens with one attached hydrogen (secondary N) is 2. The van der Waals surface area contributed by atoms with Crippen LogP contribution >= 0.6 is 0 Å². The van der Waals surface area contributed by atoms with Crippen LogP contribution in [0, 0.1) is 23.2 Å². The molecule has 0 bridgehead atoms. The third-order valence-corrected chi connectivity index (χ3v) is 17.8. The largest absolute Gasteiger partial charge is 0.463 e. The molecule has 7 N–H and O–H groups in total. The number of imide groups is 1. The van der Waals surface area contributed by atoms with Gasteiger partial charge < -0.3 is 73.6 Å². The first-order valence-electron chi connectivity index (χ1n) is 27.9. The summed E-state index contributed by atoms with van der Waals surface area (Å²) in [5.74, 6) is -5.79. The van der Waals surface area contributed by atoms with Gasteiger partial charge in [-0.05, 0) is 100 Å². The molecule has 1 saturated carbocycles. The lowest BCUT2D eigenvalue weighted by molar-refractivity contribution is -0.314. The Morgan fingerprint density at radius 3 is 2.34 bits per heavy atom. The van der Waals surface area contributed by atoms with E-state index in [1.807, 2.05) is 37.7 Å². The smallest absolute Gasteiger partial charge is 0.311 e. The van der Waals surface area contributed by atoms with Crippen LogP contribution in [-0.2, 0) is 61.9 Å². The van der Waals surface area contributed by atoms with Crippen LogP contribution in [0.2, 0.25) is 0 Å². The van der Waals surface area contributed by atoms with E-state index >= 15 is 0 Å². The number of esters is 2. The summed E-state index contributed by atoms with van der Waals surface area (Å²) in [6.45, 7) is 17.2. The van der Waals surface area contributed by atoms with Crippen LogP contribution in [0.1, 0.15) is 121 Å². The summed E-state index contributed by atoms with van der Waals surface area (Å²) in [6.07, 6.45) is -9.90. The topological polar surface area (TPSA) is 340 Å². The van der Waals surface area contributed by atoms with Crippen LogP contribution < -0.4 is 10.6 Å². The number of hydrogen-bond acceptors (Lipinski definition) is 21. The van der Waals surface area contributed by atoms with E-state index in [0.29, 0.717) is 18.4 Å². The highest BCUT2D eigenvalue weighted by molar-refractivity contribution is 6.08. The van der Waals surface area contributed by atoms with Gasteiger partial charge in [-0.2, -0.15) is 0 Å². The van der Waals surface area contributed by atoms with E-state index in [-0.39, 0.29) is 76.9 Å². The number of nitrogens with zero attached hydrogens (tertiary/aromatic N) is 5. The van der Waals surface area contributed by atoms with E-state index in [2.05, 4.69) is 20.7 Å². The highest BCUT2D eigenvalue weighted by atomic mass is 16.7. The van der Waals surface area contributed by atoms with Gasteiger partial charge in [0.1, 0.15) is 42.7 Å². The molecule has 0 aromatic carbocycles.